The van der Waals surface area contributed by atoms with Gasteiger partial charge in [0, 0.05) is 24.7 Å². The molecule has 206 valence electrons. The summed E-state index contributed by atoms with van der Waals surface area (Å²) in [4.78, 5) is 38.7. The molecule has 0 heterocycles. The van der Waals surface area contributed by atoms with Gasteiger partial charge < -0.3 is 10.2 Å². The lowest BCUT2D eigenvalue weighted by molar-refractivity contribution is -0.384. The lowest BCUT2D eigenvalue weighted by atomic mass is 9.95. The van der Waals surface area contributed by atoms with Crippen molar-refractivity contribution < 1.29 is 27.3 Å². The topological polar surface area (TPSA) is 130 Å². The maximum Gasteiger partial charge on any atom is 0.271 e. The zero-order chi connectivity index (χ0) is 28.0. The Morgan fingerprint density at radius 3 is 2.34 bits per heavy atom. The molecule has 1 unspecified atom stereocenters. The second-order valence-electron chi connectivity index (χ2n) is 9.67. The lowest BCUT2D eigenvalue weighted by Gasteiger charge is -2.33. The number of amides is 2. The average Bonchev–Trinajstić information content (AvgIpc) is 2.86. The van der Waals surface area contributed by atoms with Gasteiger partial charge in [-0.15, -0.1) is 0 Å². The quantitative estimate of drug-likeness (QED) is 0.356. The summed E-state index contributed by atoms with van der Waals surface area (Å²) < 4.78 is 39.8. The van der Waals surface area contributed by atoms with Gasteiger partial charge in [-0.1, -0.05) is 37.5 Å². The Bertz CT molecular complexity index is 1280. The smallest absolute Gasteiger partial charge is 0.271 e. The van der Waals surface area contributed by atoms with Crippen LogP contribution in [0, 0.1) is 22.9 Å². The summed E-state index contributed by atoms with van der Waals surface area (Å²) in [7, 11) is -4.05. The second kappa shape index (κ2) is 12.3. The van der Waals surface area contributed by atoms with Gasteiger partial charge in [-0.2, -0.15) is 0 Å². The number of anilines is 1. The molecule has 1 saturated carbocycles. The number of non-ortho nitro benzene ring substituents is 1. The Morgan fingerprint density at radius 2 is 1.76 bits per heavy atom. The summed E-state index contributed by atoms with van der Waals surface area (Å²) >= 11 is 0. The molecule has 1 aliphatic carbocycles. The van der Waals surface area contributed by atoms with Crippen molar-refractivity contribution in [3.8, 4) is 0 Å². The van der Waals surface area contributed by atoms with Crippen molar-refractivity contribution in [3.05, 3.63) is 69.5 Å². The van der Waals surface area contributed by atoms with Gasteiger partial charge in [-0.3, -0.25) is 24.0 Å². The van der Waals surface area contributed by atoms with Crippen LogP contribution >= 0.6 is 0 Å². The molecule has 2 aromatic carbocycles. The molecule has 0 bridgehead atoms. The first-order chi connectivity index (χ1) is 17.9. The van der Waals surface area contributed by atoms with Crippen LogP contribution in [0.15, 0.2) is 42.5 Å². The first kappa shape index (κ1) is 29.0. The molecule has 2 aromatic rings. The number of halogens is 1. The molecule has 0 radical (unpaired) electrons. The Morgan fingerprint density at radius 1 is 1.13 bits per heavy atom. The van der Waals surface area contributed by atoms with E-state index in [-0.39, 0.29) is 29.9 Å². The maximum atomic E-state index is 13.6. The molecule has 2 amide bonds. The molecular formula is C26H33FN4O6S. The molecule has 0 aromatic heterocycles. The van der Waals surface area contributed by atoms with E-state index in [2.05, 4.69) is 5.32 Å². The molecule has 1 fully saturated rings. The fraction of sp³-hybridized carbons (Fsp3) is 0.462. The van der Waals surface area contributed by atoms with E-state index in [0.717, 1.165) is 48.7 Å². The minimum absolute atomic E-state index is 0.00140. The van der Waals surface area contributed by atoms with Crippen LogP contribution in [0.2, 0.25) is 0 Å². The summed E-state index contributed by atoms with van der Waals surface area (Å²) in [5.41, 5.74) is 0.641. The van der Waals surface area contributed by atoms with Gasteiger partial charge >= 0.3 is 0 Å². The molecule has 0 saturated heterocycles. The van der Waals surface area contributed by atoms with Crippen LogP contribution in [0.5, 0.6) is 0 Å². The predicted molar refractivity (Wildman–Crippen MR) is 141 cm³/mol. The van der Waals surface area contributed by atoms with Crippen molar-refractivity contribution in [2.45, 2.75) is 64.6 Å². The fourth-order valence-electron chi connectivity index (χ4n) is 4.51. The molecule has 38 heavy (non-hydrogen) atoms. The molecule has 0 aliphatic heterocycles. The molecule has 1 N–H and O–H groups in total. The van der Waals surface area contributed by atoms with Crippen LogP contribution in [-0.4, -0.2) is 54.9 Å². The summed E-state index contributed by atoms with van der Waals surface area (Å²) in [6.07, 6.45) is 5.71. The van der Waals surface area contributed by atoms with E-state index in [1.165, 1.54) is 41.3 Å². The predicted octanol–water partition coefficient (Wildman–Crippen LogP) is 3.67. The largest absolute Gasteiger partial charge is 0.352 e. The molecule has 3 rings (SSSR count). The summed E-state index contributed by atoms with van der Waals surface area (Å²) in [5, 5.41) is 14.3. The van der Waals surface area contributed by atoms with E-state index in [9.17, 15) is 32.5 Å². The number of nitro groups is 1. The number of carbonyl (C=O) groups excluding carboxylic acids is 2. The number of aryl methyl sites for hydroxylation is 1. The molecule has 12 heteroatoms. The Hall–Kier alpha value is -3.54. The van der Waals surface area contributed by atoms with Crippen LogP contribution in [-0.2, 0) is 26.2 Å². The van der Waals surface area contributed by atoms with Gasteiger partial charge in [0.2, 0.25) is 21.8 Å². The highest BCUT2D eigenvalue weighted by molar-refractivity contribution is 7.92. The minimum Gasteiger partial charge on any atom is -0.352 e. The van der Waals surface area contributed by atoms with Crippen LogP contribution in [0.25, 0.3) is 0 Å². The molecule has 1 atom stereocenters. The number of nitro benzene ring substituents is 1. The summed E-state index contributed by atoms with van der Waals surface area (Å²) in [6, 6.07) is 8.25. The highest BCUT2D eigenvalue weighted by atomic mass is 32.2. The van der Waals surface area contributed by atoms with Crippen LogP contribution in [0.4, 0.5) is 15.8 Å². The lowest BCUT2D eigenvalue weighted by Crippen LogP contribution is -2.53. The number of hydrogen-bond donors (Lipinski definition) is 1. The molecular weight excluding hydrogens is 515 g/mol. The highest BCUT2D eigenvalue weighted by Gasteiger charge is 2.32. The third kappa shape index (κ3) is 7.50. The van der Waals surface area contributed by atoms with E-state index in [0.29, 0.717) is 11.1 Å². The first-order valence-corrected chi connectivity index (χ1v) is 14.3. The van der Waals surface area contributed by atoms with E-state index >= 15 is 0 Å². The van der Waals surface area contributed by atoms with Gasteiger partial charge in [0.05, 0.1) is 16.9 Å². The molecule has 1 aliphatic rings. The monoisotopic (exact) mass is 548 g/mol. The third-order valence-corrected chi connectivity index (χ3v) is 7.86. The fourth-order valence-corrected chi connectivity index (χ4v) is 5.41. The second-order valence-corrected chi connectivity index (χ2v) is 11.6. The summed E-state index contributed by atoms with van der Waals surface area (Å²) in [5.74, 6) is -1.51. The van der Waals surface area contributed by atoms with E-state index in [4.69, 9.17) is 0 Å². The van der Waals surface area contributed by atoms with Crippen molar-refractivity contribution in [2.75, 3.05) is 17.1 Å². The van der Waals surface area contributed by atoms with E-state index in [1.807, 2.05) is 0 Å². The highest BCUT2D eigenvalue weighted by Crippen LogP contribution is 2.28. The van der Waals surface area contributed by atoms with Crippen LogP contribution < -0.4 is 9.62 Å². The zero-order valence-electron chi connectivity index (χ0n) is 21.7. The number of carbonyl (C=O) groups is 2. The van der Waals surface area contributed by atoms with Gasteiger partial charge in [-0.25, -0.2) is 12.8 Å². The molecule has 10 nitrogen and oxygen atoms in total. The van der Waals surface area contributed by atoms with Crippen molar-refractivity contribution in [1.82, 2.24) is 10.2 Å². The Kier molecular flexibility index (Phi) is 9.42. The number of sulfonamides is 1. The van der Waals surface area contributed by atoms with Crippen LogP contribution in [0.1, 0.15) is 50.2 Å². The standard InChI is InChI=1S/C26H33FN4O6S/c1-18-9-14-23(31(34)35)15-24(18)30(38(3,36)37)17-25(32)29(16-20-10-12-21(27)13-11-20)19(2)26(33)28-22-7-5-4-6-8-22/h9-15,19,22H,4-8,16-17H2,1-3H3,(H,28,33). The van der Waals surface area contributed by atoms with Crippen molar-refractivity contribution in [2.24, 2.45) is 0 Å². The van der Waals surface area contributed by atoms with Crippen molar-refractivity contribution in [3.63, 3.8) is 0 Å². The van der Waals surface area contributed by atoms with Gasteiger partial charge in [-0.05, 0) is 49.9 Å². The number of nitrogens with one attached hydrogen (secondary N) is 1. The van der Waals surface area contributed by atoms with E-state index < -0.39 is 39.3 Å². The Labute approximate surface area is 222 Å². The first-order valence-electron chi connectivity index (χ1n) is 12.4. The number of rotatable bonds is 10. The number of nitrogens with zero attached hydrogens (tertiary/aromatic N) is 3. The maximum absolute atomic E-state index is 13.6. The molecule has 0 spiro atoms. The minimum atomic E-state index is -4.05. The van der Waals surface area contributed by atoms with Gasteiger partial charge in [0.15, 0.2) is 0 Å². The third-order valence-electron chi connectivity index (χ3n) is 6.74. The normalized spacial score (nSPS) is 14.9. The van der Waals surface area contributed by atoms with Crippen molar-refractivity contribution in [1.29, 1.82) is 0 Å². The van der Waals surface area contributed by atoms with Crippen molar-refractivity contribution >= 4 is 33.2 Å². The van der Waals surface area contributed by atoms with Gasteiger partial charge in [0.25, 0.3) is 5.69 Å². The van der Waals surface area contributed by atoms with Crippen LogP contribution in [0.3, 0.4) is 0 Å². The van der Waals surface area contributed by atoms with Gasteiger partial charge in [0.1, 0.15) is 18.4 Å². The Balaban J connectivity index is 1.92. The number of hydrogen-bond acceptors (Lipinski definition) is 6. The zero-order valence-corrected chi connectivity index (χ0v) is 22.5. The average molecular weight is 549 g/mol. The summed E-state index contributed by atoms with van der Waals surface area (Å²) in [6.45, 7) is 2.40. The van der Waals surface area contributed by atoms with E-state index in [1.54, 1.807) is 13.8 Å². The number of benzene rings is 2. The SMILES string of the molecule is Cc1ccc([N+](=O)[O-])cc1N(CC(=O)N(Cc1ccc(F)cc1)C(C)C(=O)NC1CCCCC1)S(C)(=O)=O.